The SMILES string of the molecule is Nc1ncc(F)cc1-c1ccc(F)cc1. The van der Waals surface area contributed by atoms with Crippen LogP contribution in [-0.4, -0.2) is 4.98 Å². The lowest BCUT2D eigenvalue weighted by Gasteiger charge is -2.04. The van der Waals surface area contributed by atoms with E-state index < -0.39 is 5.82 Å². The number of aromatic nitrogens is 1. The van der Waals surface area contributed by atoms with Crippen LogP contribution in [0.2, 0.25) is 0 Å². The molecule has 0 spiro atoms. The van der Waals surface area contributed by atoms with Gasteiger partial charge >= 0.3 is 0 Å². The van der Waals surface area contributed by atoms with Crippen molar-refractivity contribution in [2.45, 2.75) is 0 Å². The molecule has 0 fully saturated rings. The highest BCUT2D eigenvalue weighted by molar-refractivity contribution is 5.73. The third kappa shape index (κ3) is 1.93. The third-order valence-corrected chi connectivity index (χ3v) is 2.04. The summed E-state index contributed by atoms with van der Waals surface area (Å²) in [4.78, 5) is 3.69. The molecular formula is C11H8F2N2. The van der Waals surface area contributed by atoms with E-state index in [0.717, 1.165) is 6.20 Å². The minimum atomic E-state index is -0.469. The van der Waals surface area contributed by atoms with Crippen LogP contribution in [0, 0.1) is 11.6 Å². The second-order valence-corrected chi connectivity index (χ2v) is 3.09. The van der Waals surface area contributed by atoms with E-state index in [2.05, 4.69) is 4.98 Å². The first-order valence-electron chi connectivity index (χ1n) is 4.34. The van der Waals surface area contributed by atoms with E-state index in [1.54, 1.807) is 0 Å². The van der Waals surface area contributed by atoms with Gasteiger partial charge in [0.15, 0.2) is 0 Å². The summed E-state index contributed by atoms with van der Waals surface area (Å²) < 4.78 is 25.6. The summed E-state index contributed by atoms with van der Waals surface area (Å²) in [5.74, 6) is -0.590. The Kier molecular flexibility index (Phi) is 2.33. The molecule has 0 aliphatic rings. The molecule has 0 saturated heterocycles. The van der Waals surface area contributed by atoms with E-state index in [1.807, 2.05) is 0 Å². The Morgan fingerprint density at radius 3 is 2.33 bits per heavy atom. The van der Waals surface area contributed by atoms with Gasteiger partial charge in [-0.15, -0.1) is 0 Å². The molecule has 0 aliphatic carbocycles. The van der Waals surface area contributed by atoms with Crippen LogP contribution in [0.1, 0.15) is 0 Å². The predicted octanol–water partition coefficient (Wildman–Crippen LogP) is 2.61. The van der Waals surface area contributed by atoms with Crippen molar-refractivity contribution in [3.05, 3.63) is 48.2 Å². The van der Waals surface area contributed by atoms with Crippen molar-refractivity contribution >= 4 is 5.82 Å². The highest BCUT2D eigenvalue weighted by Crippen LogP contribution is 2.24. The standard InChI is InChI=1S/C11H8F2N2/c12-8-3-1-7(2-4-8)10-5-9(13)6-15-11(10)14/h1-6H,(H2,14,15). The van der Waals surface area contributed by atoms with Crippen molar-refractivity contribution in [1.82, 2.24) is 4.98 Å². The van der Waals surface area contributed by atoms with Crippen LogP contribution in [0.15, 0.2) is 36.5 Å². The molecular weight excluding hydrogens is 198 g/mol. The monoisotopic (exact) mass is 206 g/mol. The molecule has 0 atom stereocenters. The quantitative estimate of drug-likeness (QED) is 0.778. The maximum Gasteiger partial charge on any atom is 0.142 e. The fraction of sp³-hybridized carbons (Fsp3) is 0. The Hall–Kier alpha value is -1.97. The first-order valence-corrected chi connectivity index (χ1v) is 4.34. The van der Waals surface area contributed by atoms with Gasteiger partial charge < -0.3 is 5.73 Å². The summed E-state index contributed by atoms with van der Waals surface area (Å²) in [5.41, 5.74) is 6.70. The van der Waals surface area contributed by atoms with Crippen molar-refractivity contribution in [2.75, 3.05) is 5.73 Å². The van der Waals surface area contributed by atoms with Crippen LogP contribution >= 0.6 is 0 Å². The molecule has 0 amide bonds. The Morgan fingerprint density at radius 2 is 1.67 bits per heavy atom. The fourth-order valence-electron chi connectivity index (χ4n) is 1.31. The Morgan fingerprint density at radius 1 is 1.00 bits per heavy atom. The Labute approximate surface area is 85.4 Å². The lowest BCUT2D eigenvalue weighted by atomic mass is 10.1. The van der Waals surface area contributed by atoms with Gasteiger partial charge in [0.25, 0.3) is 0 Å². The summed E-state index contributed by atoms with van der Waals surface area (Å²) in [6, 6.07) is 6.92. The van der Waals surface area contributed by atoms with E-state index in [-0.39, 0.29) is 11.6 Å². The molecule has 4 heteroatoms. The van der Waals surface area contributed by atoms with Crippen molar-refractivity contribution in [3.8, 4) is 11.1 Å². The summed E-state index contributed by atoms with van der Waals surface area (Å²) in [6.45, 7) is 0. The first-order chi connectivity index (χ1) is 7.16. The molecule has 15 heavy (non-hydrogen) atoms. The Balaban J connectivity index is 2.53. The van der Waals surface area contributed by atoms with E-state index in [1.165, 1.54) is 30.3 Å². The van der Waals surface area contributed by atoms with Crippen molar-refractivity contribution in [1.29, 1.82) is 0 Å². The fourth-order valence-corrected chi connectivity index (χ4v) is 1.31. The predicted molar refractivity (Wildman–Crippen MR) is 54.0 cm³/mol. The molecule has 1 aromatic carbocycles. The van der Waals surface area contributed by atoms with Crippen molar-refractivity contribution < 1.29 is 8.78 Å². The van der Waals surface area contributed by atoms with E-state index in [4.69, 9.17) is 5.73 Å². The van der Waals surface area contributed by atoms with E-state index >= 15 is 0 Å². The van der Waals surface area contributed by atoms with Gasteiger partial charge in [0.05, 0.1) is 6.20 Å². The van der Waals surface area contributed by atoms with Crippen LogP contribution in [0.25, 0.3) is 11.1 Å². The molecule has 0 unspecified atom stereocenters. The largest absolute Gasteiger partial charge is 0.383 e. The number of benzene rings is 1. The zero-order chi connectivity index (χ0) is 10.8. The number of hydrogen-bond acceptors (Lipinski definition) is 2. The highest BCUT2D eigenvalue weighted by Gasteiger charge is 2.05. The minimum Gasteiger partial charge on any atom is -0.383 e. The lowest BCUT2D eigenvalue weighted by molar-refractivity contribution is 0.622. The number of hydrogen-bond donors (Lipinski definition) is 1. The summed E-state index contributed by atoms with van der Waals surface area (Å²) in [6.07, 6.45) is 1.04. The third-order valence-electron chi connectivity index (χ3n) is 2.04. The summed E-state index contributed by atoms with van der Waals surface area (Å²) >= 11 is 0. The zero-order valence-corrected chi connectivity index (χ0v) is 7.74. The second kappa shape index (κ2) is 3.65. The van der Waals surface area contributed by atoms with Crippen LogP contribution in [0.5, 0.6) is 0 Å². The molecule has 1 aromatic heterocycles. The van der Waals surface area contributed by atoms with E-state index in [9.17, 15) is 8.78 Å². The second-order valence-electron chi connectivity index (χ2n) is 3.09. The van der Waals surface area contributed by atoms with Gasteiger partial charge in [0.2, 0.25) is 0 Å². The van der Waals surface area contributed by atoms with Gasteiger partial charge in [0, 0.05) is 5.56 Å². The normalized spacial score (nSPS) is 10.3. The minimum absolute atomic E-state index is 0.225. The number of nitrogens with two attached hydrogens (primary N) is 1. The van der Waals surface area contributed by atoms with Crippen LogP contribution < -0.4 is 5.73 Å². The number of halogens is 2. The maximum absolute atomic E-state index is 12.9. The molecule has 1 heterocycles. The number of rotatable bonds is 1. The van der Waals surface area contributed by atoms with Gasteiger partial charge in [-0.05, 0) is 23.8 Å². The molecule has 0 saturated carbocycles. The summed E-state index contributed by atoms with van der Waals surface area (Å²) in [7, 11) is 0. The van der Waals surface area contributed by atoms with Crippen LogP contribution in [0.4, 0.5) is 14.6 Å². The molecule has 2 rings (SSSR count). The van der Waals surface area contributed by atoms with Gasteiger partial charge in [-0.2, -0.15) is 0 Å². The number of nitrogens with zero attached hydrogens (tertiary/aromatic N) is 1. The van der Waals surface area contributed by atoms with E-state index in [0.29, 0.717) is 11.1 Å². The van der Waals surface area contributed by atoms with Gasteiger partial charge in [-0.25, -0.2) is 13.8 Å². The van der Waals surface area contributed by atoms with Crippen molar-refractivity contribution in [2.24, 2.45) is 0 Å². The van der Waals surface area contributed by atoms with Crippen molar-refractivity contribution in [3.63, 3.8) is 0 Å². The van der Waals surface area contributed by atoms with Gasteiger partial charge in [-0.1, -0.05) is 12.1 Å². The molecule has 2 N–H and O–H groups in total. The number of nitrogen functional groups attached to an aromatic ring is 1. The first kappa shape index (κ1) is 9.58. The Bertz CT molecular complexity index is 480. The van der Waals surface area contributed by atoms with Gasteiger partial charge in [-0.3, -0.25) is 0 Å². The number of pyridine rings is 1. The highest BCUT2D eigenvalue weighted by atomic mass is 19.1. The molecule has 0 radical (unpaired) electrons. The zero-order valence-electron chi connectivity index (χ0n) is 7.74. The molecule has 0 aliphatic heterocycles. The number of anilines is 1. The topological polar surface area (TPSA) is 38.9 Å². The van der Waals surface area contributed by atoms with Gasteiger partial charge in [0.1, 0.15) is 17.5 Å². The molecule has 2 nitrogen and oxygen atoms in total. The molecule has 76 valence electrons. The molecule has 0 bridgehead atoms. The molecule has 2 aromatic rings. The smallest absolute Gasteiger partial charge is 0.142 e. The lowest BCUT2D eigenvalue weighted by Crippen LogP contribution is -1.95. The van der Waals surface area contributed by atoms with Crippen LogP contribution in [-0.2, 0) is 0 Å². The van der Waals surface area contributed by atoms with Crippen LogP contribution in [0.3, 0.4) is 0 Å². The summed E-state index contributed by atoms with van der Waals surface area (Å²) in [5, 5.41) is 0. The average Bonchev–Trinajstić information content (AvgIpc) is 2.23. The maximum atomic E-state index is 12.9. The average molecular weight is 206 g/mol.